The molecule has 2 rings (SSSR count). The van der Waals surface area contributed by atoms with Gasteiger partial charge in [0, 0.05) is 32.6 Å². The number of hydrogen-bond donors (Lipinski definition) is 1. The third kappa shape index (κ3) is 4.76. The van der Waals surface area contributed by atoms with Gasteiger partial charge in [-0.1, -0.05) is 44.2 Å². The van der Waals surface area contributed by atoms with Gasteiger partial charge in [0.25, 0.3) is 10.2 Å². The molecule has 2 N–H and O–H groups in total. The van der Waals surface area contributed by atoms with Gasteiger partial charge in [0.05, 0.1) is 0 Å². The van der Waals surface area contributed by atoms with Crippen LogP contribution in [0.1, 0.15) is 31.7 Å². The predicted molar refractivity (Wildman–Crippen MR) is 89.9 cm³/mol. The molecule has 1 aromatic rings. The number of carbonyl (C=O) groups excluding carboxylic acids is 1. The molecule has 0 aliphatic carbocycles. The number of amides is 1. The summed E-state index contributed by atoms with van der Waals surface area (Å²) in [5.74, 6) is 0.591. The summed E-state index contributed by atoms with van der Waals surface area (Å²) in [6, 6.07) is 10.0. The molecular weight excluding hydrogens is 314 g/mol. The van der Waals surface area contributed by atoms with E-state index in [2.05, 4.69) is 26.0 Å². The first-order chi connectivity index (χ1) is 10.8. The molecular formula is C16H25N3O3S. The molecule has 0 saturated carbocycles. The summed E-state index contributed by atoms with van der Waals surface area (Å²) in [4.78, 5) is 14.3. The molecule has 1 heterocycles. The molecule has 1 saturated heterocycles. The minimum absolute atomic E-state index is 0.0709. The Morgan fingerprint density at radius 2 is 1.70 bits per heavy atom. The second-order valence-electron chi connectivity index (χ2n) is 6.29. The highest BCUT2D eigenvalue weighted by Gasteiger charge is 2.28. The number of nitrogens with two attached hydrogens (primary N) is 1. The molecule has 1 aromatic carbocycles. The van der Waals surface area contributed by atoms with Gasteiger partial charge in [0.1, 0.15) is 0 Å². The number of rotatable bonds is 5. The Balaban J connectivity index is 1.98. The molecule has 128 valence electrons. The molecule has 23 heavy (non-hydrogen) atoms. The number of nitrogens with zero attached hydrogens (tertiary/aromatic N) is 2. The maximum Gasteiger partial charge on any atom is 0.277 e. The zero-order valence-corrected chi connectivity index (χ0v) is 14.5. The molecule has 1 amide bonds. The summed E-state index contributed by atoms with van der Waals surface area (Å²) in [5, 5.41) is 5.12. The smallest absolute Gasteiger partial charge is 0.277 e. The number of benzene rings is 1. The molecule has 0 spiro atoms. The van der Waals surface area contributed by atoms with E-state index in [1.54, 1.807) is 4.90 Å². The lowest BCUT2D eigenvalue weighted by atomic mass is 9.85. The molecule has 1 aliphatic rings. The molecule has 1 atom stereocenters. The Morgan fingerprint density at radius 1 is 1.13 bits per heavy atom. The predicted octanol–water partition coefficient (Wildman–Crippen LogP) is 1.16. The van der Waals surface area contributed by atoms with Gasteiger partial charge in [-0.3, -0.25) is 4.79 Å². The van der Waals surface area contributed by atoms with Crippen LogP contribution in [0.5, 0.6) is 0 Å². The SMILES string of the molecule is CC(C)C(CC(=O)N1CCN(S(N)(=O)=O)CC1)c1ccccc1. The number of piperazine rings is 1. The zero-order chi connectivity index (χ0) is 17.0. The van der Waals surface area contributed by atoms with Gasteiger partial charge in [-0.2, -0.15) is 12.7 Å². The van der Waals surface area contributed by atoms with E-state index in [0.29, 0.717) is 25.4 Å². The van der Waals surface area contributed by atoms with Crippen molar-refractivity contribution in [2.24, 2.45) is 11.1 Å². The van der Waals surface area contributed by atoms with Crippen molar-refractivity contribution < 1.29 is 13.2 Å². The molecule has 1 fully saturated rings. The fraction of sp³-hybridized carbons (Fsp3) is 0.562. The van der Waals surface area contributed by atoms with E-state index in [9.17, 15) is 13.2 Å². The standard InChI is InChI=1S/C16H25N3O3S/c1-13(2)15(14-6-4-3-5-7-14)12-16(20)18-8-10-19(11-9-18)23(17,21)22/h3-7,13,15H,8-12H2,1-2H3,(H2,17,21,22). The van der Waals surface area contributed by atoms with Gasteiger partial charge in [0.2, 0.25) is 5.91 Å². The van der Waals surface area contributed by atoms with Crippen molar-refractivity contribution in [3.05, 3.63) is 35.9 Å². The summed E-state index contributed by atoms with van der Waals surface area (Å²) in [6.07, 6.45) is 0.442. The van der Waals surface area contributed by atoms with Gasteiger partial charge in [-0.15, -0.1) is 0 Å². The average molecular weight is 339 g/mol. The fourth-order valence-corrected chi connectivity index (χ4v) is 3.62. The van der Waals surface area contributed by atoms with Crippen LogP contribution in [-0.4, -0.2) is 49.7 Å². The fourth-order valence-electron chi connectivity index (χ4n) is 2.95. The molecule has 1 aliphatic heterocycles. The van der Waals surface area contributed by atoms with Crippen molar-refractivity contribution in [1.82, 2.24) is 9.21 Å². The summed E-state index contributed by atoms with van der Waals surface area (Å²) in [5.41, 5.74) is 1.17. The van der Waals surface area contributed by atoms with E-state index < -0.39 is 10.2 Å². The lowest BCUT2D eigenvalue weighted by Gasteiger charge is -2.34. The Kier molecular flexibility index (Phi) is 5.78. The quantitative estimate of drug-likeness (QED) is 0.874. The Morgan fingerprint density at radius 3 is 2.17 bits per heavy atom. The Bertz CT molecular complexity index is 623. The highest BCUT2D eigenvalue weighted by atomic mass is 32.2. The summed E-state index contributed by atoms with van der Waals surface area (Å²) < 4.78 is 23.8. The summed E-state index contributed by atoms with van der Waals surface area (Å²) >= 11 is 0. The third-order valence-electron chi connectivity index (χ3n) is 4.38. The first-order valence-corrected chi connectivity index (χ1v) is 9.40. The van der Waals surface area contributed by atoms with Crippen LogP contribution in [-0.2, 0) is 15.0 Å². The second kappa shape index (κ2) is 7.42. The monoisotopic (exact) mass is 339 g/mol. The molecule has 7 heteroatoms. The van der Waals surface area contributed by atoms with Crippen LogP contribution in [0.4, 0.5) is 0 Å². The van der Waals surface area contributed by atoms with Crippen LogP contribution >= 0.6 is 0 Å². The van der Waals surface area contributed by atoms with Gasteiger partial charge in [-0.05, 0) is 17.4 Å². The largest absolute Gasteiger partial charge is 0.340 e. The van der Waals surface area contributed by atoms with Crippen molar-refractivity contribution in [3.8, 4) is 0 Å². The van der Waals surface area contributed by atoms with Crippen LogP contribution in [0.25, 0.3) is 0 Å². The molecule has 1 unspecified atom stereocenters. The maximum absolute atomic E-state index is 12.6. The van der Waals surface area contributed by atoms with E-state index in [1.165, 1.54) is 9.87 Å². The summed E-state index contributed by atoms with van der Waals surface area (Å²) in [6.45, 7) is 5.56. The lowest BCUT2D eigenvalue weighted by Crippen LogP contribution is -2.52. The van der Waals surface area contributed by atoms with Gasteiger partial charge < -0.3 is 4.90 Å². The number of carbonyl (C=O) groups is 1. The van der Waals surface area contributed by atoms with E-state index in [4.69, 9.17) is 5.14 Å². The minimum atomic E-state index is -3.66. The van der Waals surface area contributed by atoms with Gasteiger partial charge >= 0.3 is 0 Å². The second-order valence-corrected chi connectivity index (χ2v) is 7.84. The first kappa shape index (κ1) is 17.9. The first-order valence-electron chi connectivity index (χ1n) is 7.89. The summed E-state index contributed by atoms with van der Waals surface area (Å²) in [7, 11) is -3.66. The Labute approximate surface area is 138 Å². The topological polar surface area (TPSA) is 83.7 Å². The minimum Gasteiger partial charge on any atom is -0.340 e. The van der Waals surface area contributed by atoms with Crippen molar-refractivity contribution in [2.75, 3.05) is 26.2 Å². The third-order valence-corrected chi connectivity index (χ3v) is 5.46. The van der Waals surface area contributed by atoms with E-state index >= 15 is 0 Å². The maximum atomic E-state index is 12.6. The van der Waals surface area contributed by atoms with E-state index in [-0.39, 0.29) is 24.9 Å². The molecule has 6 nitrogen and oxygen atoms in total. The van der Waals surface area contributed by atoms with Crippen LogP contribution in [0.2, 0.25) is 0 Å². The van der Waals surface area contributed by atoms with E-state index in [1.807, 2.05) is 18.2 Å². The molecule has 0 aromatic heterocycles. The van der Waals surface area contributed by atoms with Crippen molar-refractivity contribution in [2.45, 2.75) is 26.2 Å². The van der Waals surface area contributed by atoms with Crippen LogP contribution in [0.3, 0.4) is 0 Å². The van der Waals surface area contributed by atoms with Crippen LogP contribution in [0.15, 0.2) is 30.3 Å². The van der Waals surface area contributed by atoms with Crippen molar-refractivity contribution in [3.63, 3.8) is 0 Å². The van der Waals surface area contributed by atoms with Crippen molar-refractivity contribution in [1.29, 1.82) is 0 Å². The molecule has 0 bridgehead atoms. The number of hydrogen-bond acceptors (Lipinski definition) is 3. The zero-order valence-electron chi connectivity index (χ0n) is 13.7. The molecule has 0 radical (unpaired) electrons. The van der Waals surface area contributed by atoms with Crippen LogP contribution < -0.4 is 5.14 Å². The lowest BCUT2D eigenvalue weighted by molar-refractivity contribution is -0.133. The van der Waals surface area contributed by atoms with E-state index in [0.717, 1.165) is 0 Å². The van der Waals surface area contributed by atoms with Crippen LogP contribution in [0, 0.1) is 5.92 Å². The average Bonchev–Trinajstić information content (AvgIpc) is 2.52. The highest BCUT2D eigenvalue weighted by molar-refractivity contribution is 7.86. The highest BCUT2D eigenvalue weighted by Crippen LogP contribution is 2.28. The van der Waals surface area contributed by atoms with Gasteiger partial charge in [-0.25, -0.2) is 5.14 Å². The Hall–Kier alpha value is -1.44. The van der Waals surface area contributed by atoms with Gasteiger partial charge in [0.15, 0.2) is 0 Å². The van der Waals surface area contributed by atoms with Crippen molar-refractivity contribution >= 4 is 16.1 Å². The normalized spacial score (nSPS) is 18.2.